The molecule has 0 heterocycles. The molecule has 2 aromatic carbocycles. The number of alkyl halides is 2. The molecule has 4 atom stereocenters. The molecule has 0 N–H and O–H groups in total. The Balaban J connectivity index is 2.49. The van der Waals surface area contributed by atoms with Crippen LogP contribution in [0.1, 0.15) is 88.5 Å². The minimum Gasteiger partial charge on any atom is -0.365 e. The number of benzene rings is 2. The Labute approximate surface area is 229 Å². The summed E-state index contributed by atoms with van der Waals surface area (Å²) in [6.45, 7) is 4.29. The maximum absolute atomic E-state index is 11.2. The van der Waals surface area contributed by atoms with E-state index < -0.39 is 22.1 Å². The van der Waals surface area contributed by atoms with Crippen molar-refractivity contribution in [2.75, 3.05) is 11.8 Å². The van der Waals surface area contributed by atoms with Crippen LogP contribution < -0.4 is 0 Å². The lowest BCUT2D eigenvalue weighted by atomic mass is 9.88. The number of unbranched alkanes of at least 4 members (excludes halogenated alkanes) is 4. The molecule has 0 aliphatic carbocycles. The number of nitro groups is 2. The van der Waals surface area contributed by atoms with Gasteiger partial charge in [-0.1, -0.05) is 52.4 Å². The highest BCUT2D eigenvalue weighted by atomic mass is 35.5. The molecular formula is C28H38Cl2N2O5. The third-order valence-electron chi connectivity index (χ3n) is 6.77. The molecule has 9 heteroatoms. The van der Waals surface area contributed by atoms with Gasteiger partial charge in [0, 0.05) is 47.9 Å². The molecule has 37 heavy (non-hydrogen) atoms. The van der Waals surface area contributed by atoms with E-state index in [0.717, 1.165) is 62.5 Å². The van der Waals surface area contributed by atoms with Crippen molar-refractivity contribution >= 4 is 34.6 Å². The predicted molar refractivity (Wildman–Crippen MR) is 149 cm³/mol. The summed E-state index contributed by atoms with van der Waals surface area (Å²) in [5.74, 6) is 0.725. The van der Waals surface area contributed by atoms with Crippen molar-refractivity contribution in [1.82, 2.24) is 0 Å². The van der Waals surface area contributed by atoms with Gasteiger partial charge in [-0.2, -0.15) is 0 Å². The summed E-state index contributed by atoms with van der Waals surface area (Å²) in [6, 6.07) is 12.9. The van der Waals surface area contributed by atoms with Crippen molar-refractivity contribution in [2.45, 2.75) is 77.4 Å². The smallest absolute Gasteiger partial charge is 0.269 e. The maximum Gasteiger partial charge on any atom is 0.269 e. The Kier molecular flexibility index (Phi) is 13.9. The predicted octanol–water partition coefficient (Wildman–Crippen LogP) is 9.17. The molecule has 0 radical (unpaired) electrons. The standard InChI is InChI=1S/C28H38Cl2N2O5/c1-3-5-7-9-23(19-29)27(21-11-15-25(16-12-21)31(33)34)37-28(24(20-30)10-8-6-4-2)22-13-17-26(18-14-22)32(35)36/h11-18,23-24,27-28H,3-10,19-20H2,1-2H3. The molecule has 2 rings (SSSR count). The summed E-state index contributed by atoms with van der Waals surface area (Å²) in [5.41, 5.74) is 1.67. The Bertz CT molecular complexity index is 879. The normalized spacial score (nSPS) is 14.6. The van der Waals surface area contributed by atoms with E-state index in [0.29, 0.717) is 11.8 Å². The first-order valence-electron chi connectivity index (χ1n) is 13.1. The summed E-state index contributed by atoms with van der Waals surface area (Å²) >= 11 is 13.0. The molecule has 4 unspecified atom stereocenters. The Morgan fingerprint density at radius 2 is 1.03 bits per heavy atom. The SMILES string of the molecule is CCCCCC(CCl)C(OC(c1ccc([N+](=O)[O-])cc1)C(CCl)CCCCC)c1ccc([N+](=O)[O-])cc1. The fraction of sp³-hybridized carbons (Fsp3) is 0.571. The summed E-state index contributed by atoms with van der Waals surface area (Å²) in [4.78, 5) is 21.6. The zero-order valence-corrected chi connectivity index (χ0v) is 23.2. The van der Waals surface area contributed by atoms with Crippen LogP contribution in [0.2, 0.25) is 0 Å². The zero-order valence-electron chi connectivity index (χ0n) is 21.7. The minimum atomic E-state index is -0.420. The number of nitrogens with zero attached hydrogens (tertiary/aromatic N) is 2. The van der Waals surface area contributed by atoms with E-state index >= 15 is 0 Å². The van der Waals surface area contributed by atoms with Gasteiger partial charge in [0.05, 0.1) is 22.1 Å². The summed E-state index contributed by atoms with van der Waals surface area (Å²) in [7, 11) is 0. The van der Waals surface area contributed by atoms with E-state index in [1.165, 1.54) is 24.3 Å². The van der Waals surface area contributed by atoms with Crippen molar-refractivity contribution in [2.24, 2.45) is 11.8 Å². The fourth-order valence-corrected chi connectivity index (χ4v) is 5.22. The summed E-state index contributed by atoms with van der Waals surface area (Å²) in [5, 5.41) is 22.5. The van der Waals surface area contributed by atoms with E-state index in [1.807, 2.05) is 0 Å². The van der Waals surface area contributed by atoms with Gasteiger partial charge in [0.2, 0.25) is 0 Å². The molecule has 2 aromatic rings. The minimum absolute atomic E-state index is 0.0122. The molecule has 0 amide bonds. The molecular weight excluding hydrogens is 515 g/mol. The monoisotopic (exact) mass is 552 g/mol. The number of hydrogen-bond acceptors (Lipinski definition) is 5. The van der Waals surface area contributed by atoms with E-state index in [-0.39, 0.29) is 23.2 Å². The molecule has 0 fully saturated rings. The lowest BCUT2D eigenvalue weighted by Crippen LogP contribution is -2.25. The highest BCUT2D eigenvalue weighted by Crippen LogP contribution is 2.41. The van der Waals surface area contributed by atoms with Gasteiger partial charge in [0.15, 0.2) is 0 Å². The van der Waals surface area contributed by atoms with Crippen LogP contribution in [0.4, 0.5) is 11.4 Å². The third-order valence-corrected chi connectivity index (χ3v) is 7.56. The van der Waals surface area contributed by atoms with E-state index in [9.17, 15) is 20.2 Å². The molecule has 0 saturated heterocycles. The van der Waals surface area contributed by atoms with Gasteiger partial charge in [-0.3, -0.25) is 20.2 Å². The van der Waals surface area contributed by atoms with Gasteiger partial charge < -0.3 is 4.74 Å². The van der Waals surface area contributed by atoms with Crippen LogP contribution in [0.15, 0.2) is 48.5 Å². The average molecular weight is 554 g/mol. The second kappa shape index (κ2) is 16.6. The topological polar surface area (TPSA) is 95.5 Å². The van der Waals surface area contributed by atoms with Gasteiger partial charge in [-0.05, 0) is 48.2 Å². The van der Waals surface area contributed by atoms with E-state index in [2.05, 4.69) is 13.8 Å². The molecule has 0 aliphatic heterocycles. The van der Waals surface area contributed by atoms with Crippen LogP contribution in [0, 0.1) is 32.1 Å². The summed E-state index contributed by atoms with van der Waals surface area (Å²) in [6.07, 6.45) is 7.20. The van der Waals surface area contributed by atoms with Crippen LogP contribution >= 0.6 is 23.2 Å². The fourth-order valence-electron chi connectivity index (χ4n) is 4.59. The molecule has 0 saturated carbocycles. The van der Waals surface area contributed by atoms with E-state index in [1.54, 1.807) is 24.3 Å². The molecule has 204 valence electrons. The molecule has 7 nitrogen and oxygen atoms in total. The average Bonchev–Trinajstić information content (AvgIpc) is 2.91. The molecule has 0 spiro atoms. The Hall–Kier alpha value is -2.22. The number of halogens is 2. The number of ether oxygens (including phenoxy) is 1. The lowest BCUT2D eigenvalue weighted by molar-refractivity contribution is -0.385. The number of non-ortho nitro benzene ring substituents is 2. The van der Waals surface area contributed by atoms with Crippen LogP contribution in [-0.2, 0) is 4.74 Å². The van der Waals surface area contributed by atoms with Crippen molar-refractivity contribution in [3.63, 3.8) is 0 Å². The highest BCUT2D eigenvalue weighted by molar-refractivity contribution is 6.18. The second-order valence-corrected chi connectivity index (χ2v) is 10.1. The van der Waals surface area contributed by atoms with Gasteiger partial charge >= 0.3 is 0 Å². The van der Waals surface area contributed by atoms with Crippen LogP contribution in [-0.4, -0.2) is 21.6 Å². The number of hydrogen-bond donors (Lipinski definition) is 0. The maximum atomic E-state index is 11.2. The molecule has 0 bridgehead atoms. The van der Waals surface area contributed by atoms with Gasteiger partial charge in [0.1, 0.15) is 0 Å². The first kappa shape index (κ1) is 31.0. The Morgan fingerprint density at radius 1 is 0.676 bits per heavy atom. The van der Waals surface area contributed by atoms with Gasteiger partial charge in [-0.25, -0.2) is 0 Å². The first-order chi connectivity index (χ1) is 17.9. The summed E-state index contributed by atoms with van der Waals surface area (Å²) < 4.78 is 6.88. The first-order valence-corrected chi connectivity index (χ1v) is 14.2. The molecule has 0 aromatic heterocycles. The van der Waals surface area contributed by atoms with Crippen molar-refractivity contribution < 1.29 is 14.6 Å². The van der Waals surface area contributed by atoms with Crippen LogP contribution in [0.25, 0.3) is 0 Å². The number of nitro benzene ring substituents is 2. The quantitative estimate of drug-likeness (QED) is 0.0794. The second-order valence-electron chi connectivity index (χ2n) is 9.49. The van der Waals surface area contributed by atoms with Crippen molar-refractivity contribution in [3.05, 3.63) is 79.9 Å². The zero-order chi connectivity index (χ0) is 27.2. The largest absolute Gasteiger partial charge is 0.365 e. The van der Waals surface area contributed by atoms with Gasteiger partial charge in [0.25, 0.3) is 11.4 Å². The van der Waals surface area contributed by atoms with Gasteiger partial charge in [-0.15, -0.1) is 23.2 Å². The third kappa shape index (κ3) is 9.55. The highest BCUT2D eigenvalue weighted by Gasteiger charge is 2.32. The van der Waals surface area contributed by atoms with Crippen molar-refractivity contribution in [3.8, 4) is 0 Å². The lowest BCUT2D eigenvalue weighted by Gasteiger charge is -2.34. The van der Waals surface area contributed by atoms with Crippen LogP contribution in [0.5, 0.6) is 0 Å². The molecule has 0 aliphatic rings. The van der Waals surface area contributed by atoms with Crippen molar-refractivity contribution in [1.29, 1.82) is 0 Å². The van der Waals surface area contributed by atoms with E-state index in [4.69, 9.17) is 27.9 Å². The van der Waals surface area contributed by atoms with Crippen LogP contribution in [0.3, 0.4) is 0 Å². The number of rotatable bonds is 18. The Morgan fingerprint density at radius 3 is 1.30 bits per heavy atom.